The van der Waals surface area contributed by atoms with Crippen molar-refractivity contribution in [3.63, 3.8) is 0 Å². The quantitative estimate of drug-likeness (QED) is 0.424. The molecule has 0 aliphatic carbocycles. The molecule has 140 valence electrons. The average molecular weight is 422 g/mol. The van der Waals surface area contributed by atoms with E-state index in [-0.39, 0.29) is 0 Å². The van der Waals surface area contributed by atoms with Gasteiger partial charge in [0, 0.05) is 15.7 Å². The van der Waals surface area contributed by atoms with Crippen molar-refractivity contribution in [1.82, 2.24) is 0 Å². The molecule has 0 unspecified atom stereocenters. The molecule has 0 heterocycles. The summed E-state index contributed by atoms with van der Waals surface area (Å²) in [6.45, 7) is 3.98. The molecule has 27 heavy (non-hydrogen) atoms. The number of hydrogen-bond acceptors (Lipinski definition) is 3. The lowest BCUT2D eigenvalue weighted by molar-refractivity contribution is 0.393. The first-order valence-electron chi connectivity index (χ1n) is 8.19. The highest BCUT2D eigenvalue weighted by atomic mass is 35.5. The summed E-state index contributed by atoms with van der Waals surface area (Å²) in [5.41, 5.74) is 2.82. The lowest BCUT2D eigenvalue weighted by atomic mass is 10.1. The number of hydrogen-bond donors (Lipinski definition) is 1. The van der Waals surface area contributed by atoms with Crippen molar-refractivity contribution < 1.29 is 13.6 Å². The Hall–Kier alpha value is -2.13. The van der Waals surface area contributed by atoms with Gasteiger partial charge in [-0.3, -0.25) is 5.09 Å². The molecule has 0 radical (unpaired) electrons. The second kappa shape index (κ2) is 8.26. The van der Waals surface area contributed by atoms with Gasteiger partial charge in [0.25, 0.3) is 0 Å². The molecule has 0 fully saturated rings. The maximum absolute atomic E-state index is 13.5. The van der Waals surface area contributed by atoms with E-state index in [0.717, 1.165) is 11.1 Å². The van der Waals surface area contributed by atoms with Crippen LogP contribution < -0.4 is 14.1 Å². The number of benzene rings is 3. The predicted octanol–water partition coefficient (Wildman–Crippen LogP) is 7.29. The molecule has 3 aromatic rings. The maximum atomic E-state index is 13.5. The number of rotatable bonds is 6. The van der Waals surface area contributed by atoms with E-state index in [2.05, 4.69) is 5.09 Å². The zero-order valence-electron chi connectivity index (χ0n) is 14.8. The summed E-state index contributed by atoms with van der Waals surface area (Å²) in [5.74, 6) is 0.737. The second-order valence-electron chi connectivity index (χ2n) is 6.00. The lowest BCUT2D eigenvalue weighted by Crippen LogP contribution is -2.10. The van der Waals surface area contributed by atoms with E-state index in [4.69, 9.17) is 32.2 Å². The van der Waals surface area contributed by atoms with Crippen LogP contribution in [0.5, 0.6) is 11.5 Å². The van der Waals surface area contributed by atoms with Gasteiger partial charge in [0.15, 0.2) is 0 Å². The average Bonchev–Trinajstić information content (AvgIpc) is 2.62. The van der Waals surface area contributed by atoms with Gasteiger partial charge in [-0.1, -0.05) is 29.3 Å². The molecule has 3 rings (SSSR count). The molecular weight excluding hydrogens is 404 g/mol. The van der Waals surface area contributed by atoms with E-state index >= 15 is 0 Å². The first kappa shape index (κ1) is 19.6. The highest BCUT2D eigenvalue weighted by Crippen LogP contribution is 2.48. The van der Waals surface area contributed by atoms with E-state index in [1.807, 2.05) is 32.0 Å². The van der Waals surface area contributed by atoms with Gasteiger partial charge in [-0.05, 0) is 85.6 Å². The lowest BCUT2D eigenvalue weighted by Gasteiger charge is -2.21. The van der Waals surface area contributed by atoms with Crippen LogP contribution in [0.15, 0.2) is 66.7 Å². The van der Waals surface area contributed by atoms with E-state index < -0.39 is 7.75 Å². The summed E-state index contributed by atoms with van der Waals surface area (Å²) < 4.78 is 24.9. The monoisotopic (exact) mass is 421 g/mol. The molecule has 0 bridgehead atoms. The smallest absolute Gasteiger partial charge is 0.400 e. The molecule has 0 aliphatic rings. The number of anilines is 1. The third-order valence-corrected chi connectivity index (χ3v) is 5.79. The first-order valence-corrected chi connectivity index (χ1v) is 10.5. The van der Waals surface area contributed by atoms with E-state index in [1.54, 1.807) is 48.5 Å². The van der Waals surface area contributed by atoms with Gasteiger partial charge in [-0.15, -0.1) is 0 Å². The molecule has 0 saturated heterocycles. The summed E-state index contributed by atoms with van der Waals surface area (Å²) in [7, 11) is -3.79. The normalized spacial score (nSPS) is 11.1. The fourth-order valence-corrected chi connectivity index (χ4v) is 3.94. The van der Waals surface area contributed by atoms with Gasteiger partial charge >= 0.3 is 7.75 Å². The Morgan fingerprint density at radius 3 is 1.67 bits per heavy atom. The minimum atomic E-state index is -3.79. The van der Waals surface area contributed by atoms with Gasteiger partial charge in [0.2, 0.25) is 0 Å². The summed E-state index contributed by atoms with van der Waals surface area (Å²) >= 11 is 11.8. The zero-order chi connectivity index (χ0) is 19.4. The fourth-order valence-electron chi connectivity index (χ4n) is 2.30. The second-order valence-corrected chi connectivity index (χ2v) is 8.46. The van der Waals surface area contributed by atoms with Crippen molar-refractivity contribution in [3.05, 3.63) is 87.9 Å². The Morgan fingerprint density at radius 1 is 0.741 bits per heavy atom. The fraction of sp³-hybridized carbons (Fsp3) is 0.100. The molecule has 1 N–H and O–H groups in total. The van der Waals surface area contributed by atoms with Crippen LogP contribution in [0.25, 0.3) is 0 Å². The molecule has 0 saturated carbocycles. The summed E-state index contributed by atoms with van der Waals surface area (Å²) in [4.78, 5) is 0. The van der Waals surface area contributed by atoms with Gasteiger partial charge in [-0.25, -0.2) is 4.57 Å². The van der Waals surface area contributed by atoms with Crippen LogP contribution in [0.2, 0.25) is 10.0 Å². The molecule has 0 aromatic heterocycles. The van der Waals surface area contributed by atoms with Gasteiger partial charge in [-0.2, -0.15) is 0 Å². The van der Waals surface area contributed by atoms with Crippen LogP contribution in [-0.2, 0) is 4.57 Å². The molecule has 3 aromatic carbocycles. The van der Waals surface area contributed by atoms with Gasteiger partial charge < -0.3 is 9.05 Å². The zero-order valence-corrected chi connectivity index (χ0v) is 17.2. The third-order valence-electron chi connectivity index (χ3n) is 3.85. The Kier molecular flexibility index (Phi) is 6.01. The minimum Gasteiger partial charge on any atom is -0.400 e. The Balaban J connectivity index is 1.90. The Bertz CT molecular complexity index is 924. The molecular formula is C20H18Cl2NO3P. The Labute approximate surface area is 168 Å². The maximum Gasteiger partial charge on any atom is 0.541 e. The molecule has 0 aliphatic heterocycles. The highest BCUT2D eigenvalue weighted by Gasteiger charge is 2.29. The van der Waals surface area contributed by atoms with Crippen molar-refractivity contribution in [2.24, 2.45) is 0 Å². The molecule has 7 heteroatoms. The van der Waals surface area contributed by atoms with Crippen LogP contribution in [0.4, 0.5) is 5.69 Å². The van der Waals surface area contributed by atoms with E-state index in [9.17, 15) is 4.57 Å². The van der Waals surface area contributed by atoms with Gasteiger partial charge in [0.1, 0.15) is 11.5 Å². The number of nitrogens with one attached hydrogen (secondary N) is 1. The largest absolute Gasteiger partial charge is 0.541 e. The summed E-state index contributed by atoms with van der Waals surface area (Å²) in [6, 6.07) is 18.8. The first-order chi connectivity index (χ1) is 12.8. The predicted molar refractivity (Wildman–Crippen MR) is 111 cm³/mol. The van der Waals surface area contributed by atoms with Crippen molar-refractivity contribution in [1.29, 1.82) is 0 Å². The van der Waals surface area contributed by atoms with Gasteiger partial charge in [0.05, 0.1) is 0 Å². The van der Waals surface area contributed by atoms with Crippen LogP contribution >= 0.6 is 30.9 Å². The van der Waals surface area contributed by atoms with Crippen molar-refractivity contribution in [2.75, 3.05) is 5.09 Å². The van der Waals surface area contributed by atoms with Crippen molar-refractivity contribution >= 4 is 36.6 Å². The van der Waals surface area contributed by atoms with Crippen molar-refractivity contribution in [3.8, 4) is 11.5 Å². The molecule has 0 amide bonds. The van der Waals surface area contributed by atoms with Crippen LogP contribution in [0.1, 0.15) is 11.1 Å². The number of aryl methyl sites for hydroxylation is 2. The minimum absolute atomic E-state index is 0.369. The topological polar surface area (TPSA) is 47.6 Å². The SMILES string of the molecule is Cc1ccc(NP(=O)(Oc2ccc(Cl)cc2)Oc2ccc(Cl)cc2)cc1C. The molecule has 0 atom stereocenters. The van der Waals surface area contributed by atoms with E-state index in [1.165, 1.54) is 0 Å². The third kappa shape index (κ3) is 5.43. The summed E-state index contributed by atoms with van der Waals surface area (Å²) in [6.07, 6.45) is 0. The number of halogens is 2. The summed E-state index contributed by atoms with van der Waals surface area (Å²) in [5, 5.41) is 4.00. The molecule has 0 spiro atoms. The highest BCUT2D eigenvalue weighted by molar-refractivity contribution is 7.56. The van der Waals surface area contributed by atoms with Crippen LogP contribution in [0.3, 0.4) is 0 Å². The molecule has 4 nitrogen and oxygen atoms in total. The van der Waals surface area contributed by atoms with Crippen molar-refractivity contribution in [2.45, 2.75) is 13.8 Å². The Morgan fingerprint density at radius 2 is 1.22 bits per heavy atom. The standard InChI is InChI=1S/C20H18Cl2NO3P/c1-14-3-8-18(13-15(14)2)23-27(24,25-19-9-4-16(21)5-10-19)26-20-11-6-17(22)7-12-20/h3-13H,1-2H3,(H,23,24). The van der Waals surface area contributed by atoms with Crippen LogP contribution in [0, 0.1) is 13.8 Å². The van der Waals surface area contributed by atoms with Crippen LogP contribution in [-0.4, -0.2) is 0 Å². The van der Waals surface area contributed by atoms with E-state index in [0.29, 0.717) is 27.2 Å².